The van der Waals surface area contributed by atoms with E-state index in [1.807, 2.05) is 30.0 Å². The number of hydrogen-bond donors (Lipinski definition) is 1. The summed E-state index contributed by atoms with van der Waals surface area (Å²) in [4.78, 5) is 8.68. The van der Waals surface area contributed by atoms with E-state index in [4.69, 9.17) is 0 Å². The van der Waals surface area contributed by atoms with Crippen molar-refractivity contribution in [2.75, 3.05) is 11.9 Å². The lowest BCUT2D eigenvalue weighted by atomic mass is 10.1. The van der Waals surface area contributed by atoms with E-state index in [1.165, 1.54) is 32.1 Å². The summed E-state index contributed by atoms with van der Waals surface area (Å²) < 4.78 is 1.98. The summed E-state index contributed by atoms with van der Waals surface area (Å²) in [5, 5.41) is 3.42. The summed E-state index contributed by atoms with van der Waals surface area (Å²) in [6.07, 6.45) is 12.1. The smallest absolute Gasteiger partial charge is 0.138 e. The minimum Gasteiger partial charge on any atom is -0.384 e. The van der Waals surface area contributed by atoms with Gasteiger partial charge in [-0.25, -0.2) is 9.97 Å². The van der Waals surface area contributed by atoms with E-state index in [2.05, 4.69) is 28.3 Å². The van der Waals surface area contributed by atoms with Crippen LogP contribution >= 0.6 is 0 Å². The number of nitrogens with one attached hydrogen (secondary N) is 1. The summed E-state index contributed by atoms with van der Waals surface area (Å²) in [5.74, 6) is 1.86. The van der Waals surface area contributed by atoms with Gasteiger partial charge in [-0.1, -0.05) is 32.6 Å². The second kappa shape index (κ2) is 7.68. The van der Waals surface area contributed by atoms with E-state index >= 15 is 0 Å². The third kappa shape index (κ3) is 4.08. The van der Waals surface area contributed by atoms with Gasteiger partial charge < -0.3 is 5.32 Å². The number of aromatic nitrogens is 3. The van der Waals surface area contributed by atoms with Crippen molar-refractivity contribution in [1.29, 1.82) is 0 Å². The fourth-order valence-electron chi connectivity index (χ4n) is 2.21. The second-order valence-corrected chi connectivity index (χ2v) is 5.09. The van der Waals surface area contributed by atoms with Crippen molar-refractivity contribution in [3.63, 3.8) is 0 Å². The lowest BCUT2D eigenvalue weighted by Crippen LogP contribution is -2.03. The zero-order valence-electron chi connectivity index (χ0n) is 12.5. The molecule has 108 valence electrons. The van der Waals surface area contributed by atoms with Crippen LogP contribution in [0.15, 0.2) is 30.7 Å². The molecule has 0 fully saturated rings. The van der Waals surface area contributed by atoms with Crippen LogP contribution in [0, 0.1) is 6.92 Å². The molecule has 20 heavy (non-hydrogen) atoms. The third-order valence-electron chi connectivity index (χ3n) is 3.43. The predicted molar refractivity (Wildman–Crippen MR) is 83.3 cm³/mol. The minimum atomic E-state index is 0.911. The number of unbranched alkanes of at least 4 members (excludes halogenated alkanes) is 4. The quantitative estimate of drug-likeness (QED) is 0.740. The zero-order valence-corrected chi connectivity index (χ0v) is 12.5. The number of pyridine rings is 1. The molecule has 0 aliphatic carbocycles. The minimum absolute atomic E-state index is 0.911. The molecule has 2 aromatic rings. The Balaban J connectivity index is 1.79. The molecule has 2 heterocycles. The molecular weight excluding hydrogens is 248 g/mol. The third-order valence-corrected chi connectivity index (χ3v) is 3.43. The molecule has 0 aliphatic heterocycles. The number of imidazole rings is 1. The van der Waals surface area contributed by atoms with Crippen molar-refractivity contribution in [2.24, 2.45) is 0 Å². The van der Waals surface area contributed by atoms with Crippen molar-refractivity contribution in [3.05, 3.63) is 36.5 Å². The first-order valence-corrected chi connectivity index (χ1v) is 7.51. The van der Waals surface area contributed by atoms with Gasteiger partial charge in [0.25, 0.3) is 0 Å². The molecule has 0 atom stereocenters. The summed E-state index contributed by atoms with van der Waals surface area (Å²) in [5.41, 5.74) is 1.09. The van der Waals surface area contributed by atoms with Crippen LogP contribution in [0.25, 0.3) is 5.82 Å². The Morgan fingerprint density at radius 3 is 2.60 bits per heavy atom. The summed E-state index contributed by atoms with van der Waals surface area (Å²) in [6.45, 7) is 5.24. The molecule has 0 radical (unpaired) electrons. The molecule has 0 unspecified atom stereocenters. The van der Waals surface area contributed by atoms with E-state index < -0.39 is 0 Å². The molecule has 4 heteroatoms. The highest BCUT2D eigenvalue weighted by Gasteiger charge is 2.01. The topological polar surface area (TPSA) is 42.7 Å². The summed E-state index contributed by atoms with van der Waals surface area (Å²) in [6, 6.07) is 4.10. The van der Waals surface area contributed by atoms with Crippen LogP contribution in [0.1, 0.15) is 44.9 Å². The molecule has 0 saturated heterocycles. The normalized spacial score (nSPS) is 10.7. The van der Waals surface area contributed by atoms with Gasteiger partial charge in [-0.2, -0.15) is 0 Å². The van der Waals surface area contributed by atoms with E-state index in [-0.39, 0.29) is 0 Å². The molecular formula is C16H24N4. The monoisotopic (exact) mass is 272 g/mol. The van der Waals surface area contributed by atoms with Crippen LogP contribution in [0.3, 0.4) is 0 Å². The maximum absolute atomic E-state index is 4.47. The van der Waals surface area contributed by atoms with Crippen LogP contribution in [0.5, 0.6) is 0 Å². The second-order valence-electron chi connectivity index (χ2n) is 5.09. The standard InChI is InChI=1S/C16H24N4/c1-3-4-5-6-7-10-18-15-8-9-16(19-13-15)20-12-11-17-14(20)2/h8-9,11-13,18H,3-7,10H2,1-2H3. The number of rotatable bonds is 8. The van der Waals surface area contributed by atoms with Crippen molar-refractivity contribution in [2.45, 2.75) is 46.0 Å². The molecule has 2 aromatic heterocycles. The van der Waals surface area contributed by atoms with Gasteiger partial charge in [0.2, 0.25) is 0 Å². The number of anilines is 1. The van der Waals surface area contributed by atoms with Gasteiger partial charge in [-0.05, 0) is 25.5 Å². The molecule has 0 spiro atoms. The van der Waals surface area contributed by atoms with Crippen LogP contribution in [-0.4, -0.2) is 21.1 Å². The Labute approximate surface area is 121 Å². The SMILES string of the molecule is CCCCCCCNc1ccc(-n2ccnc2C)nc1. The highest BCUT2D eigenvalue weighted by Crippen LogP contribution is 2.11. The van der Waals surface area contributed by atoms with Gasteiger partial charge in [0, 0.05) is 18.9 Å². The molecule has 0 aromatic carbocycles. The molecule has 4 nitrogen and oxygen atoms in total. The Hall–Kier alpha value is -1.84. The van der Waals surface area contributed by atoms with Gasteiger partial charge >= 0.3 is 0 Å². The van der Waals surface area contributed by atoms with Gasteiger partial charge in [0.15, 0.2) is 0 Å². The molecule has 1 N–H and O–H groups in total. The Kier molecular flexibility index (Phi) is 5.59. The average molecular weight is 272 g/mol. The first kappa shape index (κ1) is 14.6. The van der Waals surface area contributed by atoms with Crippen LogP contribution in [-0.2, 0) is 0 Å². The van der Waals surface area contributed by atoms with Crippen LogP contribution in [0.2, 0.25) is 0 Å². The lowest BCUT2D eigenvalue weighted by Gasteiger charge is -2.08. The molecule has 0 bridgehead atoms. The highest BCUT2D eigenvalue weighted by molar-refractivity contribution is 5.43. The van der Waals surface area contributed by atoms with E-state index in [0.717, 1.165) is 23.9 Å². The average Bonchev–Trinajstić information content (AvgIpc) is 2.90. The Morgan fingerprint density at radius 2 is 1.95 bits per heavy atom. The van der Waals surface area contributed by atoms with Crippen molar-refractivity contribution in [1.82, 2.24) is 14.5 Å². The first-order valence-electron chi connectivity index (χ1n) is 7.51. The number of aryl methyl sites for hydroxylation is 1. The molecule has 2 rings (SSSR count). The molecule has 0 aliphatic rings. The van der Waals surface area contributed by atoms with Crippen LogP contribution < -0.4 is 5.32 Å². The number of nitrogens with zero attached hydrogens (tertiary/aromatic N) is 3. The number of hydrogen-bond acceptors (Lipinski definition) is 3. The summed E-state index contributed by atoms with van der Waals surface area (Å²) >= 11 is 0. The largest absolute Gasteiger partial charge is 0.384 e. The molecule has 0 amide bonds. The Morgan fingerprint density at radius 1 is 1.10 bits per heavy atom. The maximum Gasteiger partial charge on any atom is 0.138 e. The van der Waals surface area contributed by atoms with E-state index in [1.54, 1.807) is 6.20 Å². The van der Waals surface area contributed by atoms with Crippen molar-refractivity contribution >= 4 is 5.69 Å². The van der Waals surface area contributed by atoms with Gasteiger partial charge in [-0.3, -0.25) is 4.57 Å². The van der Waals surface area contributed by atoms with Gasteiger partial charge in [-0.15, -0.1) is 0 Å². The van der Waals surface area contributed by atoms with E-state index in [9.17, 15) is 0 Å². The highest BCUT2D eigenvalue weighted by atomic mass is 15.1. The fraction of sp³-hybridized carbons (Fsp3) is 0.500. The first-order chi connectivity index (χ1) is 9.81. The van der Waals surface area contributed by atoms with E-state index in [0.29, 0.717) is 0 Å². The zero-order chi connectivity index (χ0) is 14.2. The van der Waals surface area contributed by atoms with Gasteiger partial charge in [0.1, 0.15) is 11.6 Å². The fourth-order valence-corrected chi connectivity index (χ4v) is 2.21. The van der Waals surface area contributed by atoms with Crippen LogP contribution in [0.4, 0.5) is 5.69 Å². The predicted octanol–water partition coefficient (Wildman–Crippen LogP) is 3.96. The van der Waals surface area contributed by atoms with Crippen molar-refractivity contribution in [3.8, 4) is 5.82 Å². The maximum atomic E-state index is 4.47. The van der Waals surface area contributed by atoms with Gasteiger partial charge in [0.05, 0.1) is 11.9 Å². The molecule has 0 saturated carbocycles. The lowest BCUT2D eigenvalue weighted by molar-refractivity contribution is 0.645. The Bertz CT molecular complexity index is 501. The summed E-state index contributed by atoms with van der Waals surface area (Å²) in [7, 11) is 0. The van der Waals surface area contributed by atoms with Crippen molar-refractivity contribution < 1.29 is 0 Å².